The van der Waals surface area contributed by atoms with Gasteiger partial charge in [-0.3, -0.25) is 0 Å². The van der Waals surface area contributed by atoms with E-state index >= 15 is 0 Å². The third kappa shape index (κ3) is 3.79. The standard InChI is InChI=1S/C16H21N3OS/c1-17-13-9-7-12(8-10-13)16-18-15(19-20-16)11-21-14-5-3-2-4-6-14/h7-10,14,17H,2-6,11H2,1H3. The van der Waals surface area contributed by atoms with Crippen LogP contribution in [0.3, 0.4) is 0 Å². The third-order valence-corrected chi connectivity index (χ3v) is 5.26. The van der Waals surface area contributed by atoms with Gasteiger partial charge in [-0.1, -0.05) is 24.4 Å². The summed E-state index contributed by atoms with van der Waals surface area (Å²) < 4.78 is 5.37. The summed E-state index contributed by atoms with van der Waals surface area (Å²) in [7, 11) is 1.91. The summed E-state index contributed by atoms with van der Waals surface area (Å²) in [5.74, 6) is 2.26. The van der Waals surface area contributed by atoms with Crippen molar-refractivity contribution in [3.63, 3.8) is 0 Å². The van der Waals surface area contributed by atoms with Crippen molar-refractivity contribution in [1.82, 2.24) is 10.1 Å². The van der Waals surface area contributed by atoms with Gasteiger partial charge in [-0.15, -0.1) is 0 Å². The summed E-state index contributed by atoms with van der Waals surface area (Å²) in [5.41, 5.74) is 2.04. The Labute approximate surface area is 129 Å². The normalized spacial score (nSPS) is 16.0. The van der Waals surface area contributed by atoms with Gasteiger partial charge in [-0.25, -0.2) is 0 Å². The first kappa shape index (κ1) is 14.4. The van der Waals surface area contributed by atoms with Crippen LogP contribution < -0.4 is 5.32 Å². The molecule has 4 nitrogen and oxygen atoms in total. The fraction of sp³-hybridized carbons (Fsp3) is 0.500. The minimum absolute atomic E-state index is 0.608. The van der Waals surface area contributed by atoms with Crippen molar-refractivity contribution >= 4 is 17.4 Å². The van der Waals surface area contributed by atoms with Crippen molar-refractivity contribution in [1.29, 1.82) is 0 Å². The lowest BCUT2D eigenvalue weighted by atomic mass is 10.0. The molecule has 1 saturated carbocycles. The van der Waals surface area contributed by atoms with Gasteiger partial charge in [0.05, 0.1) is 5.75 Å². The van der Waals surface area contributed by atoms with Crippen molar-refractivity contribution in [2.45, 2.75) is 43.1 Å². The molecule has 1 aliphatic rings. The second-order valence-corrected chi connectivity index (χ2v) is 6.70. The SMILES string of the molecule is CNc1ccc(-c2nc(CSC3CCCCC3)no2)cc1. The molecule has 3 rings (SSSR count). The van der Waals surface area contributed by atoms with Gasteiger partial charge in [0.2, 0.25) is 0 Å². The van der Waals surface area contributed by atoms with Crippen LogP contribution in [0.25, 0.3) is 11.5 Å². The van der Waals surface area contributed by atoms with Crippen LogP contribution in [-0.4, -0.2) is 22.4 Å². The Balaban J connectivity index is 1.59. The van der Waals surface area contributed by atoms with Crippen LogP contribution in [-0.2, 0) is 5.75 Å². The van der Waals surface area contributed by atoms with E-state index in [4.69, 9.17) is 4.52 Å². The molecule has 0 aliphatic heterocycles. The molecule has 21 heavy (non-hydrogen) atoms. The minimum atomic E-state index is 0.608. The summed E-state index contributed by atoms with van der Waals surface area (Å²) in [6, 6.07) is 8.01. The second-order valence-electron chi connectivity index (χ2n) is 5.41. The van der Waals surface area contributed by atoms with Gasteiger partial charge in [-0.2, -0.15) is 16.7 Å². The van der Waals surface area contributed by atoms with E-state index in [0.717, 1.165) is 28.1 Å². The van der Waals surface area contributed by atoms with Crippen LogP contribution in [0.1, 0.15) is 37.9 Å². The predicted molar refractivity (Wildman–Crippen MR) is 87.4 cm³/mol. The first-order valence-electron chi connectivity index (χ1n) is 7.57. The molecular formula is C16H21N3OS. The van der Waals surface area contributed by atoms with Gasteiger partial charge < -0.3 is 9.84 Å². The minimum Gasteiger partial charge on any atom is -0.388 e. The average molecular weight is 303 g/mol. The lowest BCUT2D eigenvalue weighted by molar-refractivity contribution is 0.425. The average Bonchev–Trinajstić information content (AvgIpc) is 3.03. The molecule has 0 spiro atoms. The lowest BCUT2D eigenvalue weighted by Crippen LogP contribution is -2.08. The Morgan fingerprint density at radius 2 is 1.95 bits per heavy atom. The molecule has 0 unspecified atom stereocenters. The van der Waals surface area contributed by atoms with Crippen molar-refractivity contribution in [3.05, 3.63) is 30.1 Å². The number of thioether (sulfide) groups is 1. The number of rotatable bonds is 5. The Kier molecular flexibility index (Phi) is 4.80. The van der Waals surface area contributed by atoms with Crippen LogP contribution in [0.4, 0.5) is 5.69 Å². The van der Waals surface area contributed by atoms with Crippen LogP contribution in [0, 0.1) is 0 Å². The first-order valence-corrected chi connectivity index (χ1v) is 8.62. The summed E-state index contributed by atoms with van der Waals surface area (Å²) in [4.78, 5) is 4.50. The summed E-state index contributed by atoms with van der Waals surface area (Å²) in [6.07, 6.45) is 6.80. The number of benzene rings is 1. The number of nitrogens with one attached hydrogen (secondary N) is 1. The van der Waals surface area contributed by atoms with E-state index in [1.54, 1.807) is 0 Å². The molecule has 0 saturated heterocycles. The number of anilines is 1. The number of hydrogen-bond acceptors (Lipinski definition) is 5. The Hall–Kier alpha value is -1.49. The molecule has 5 heteroatoms. The lowest BCUT2D eigenvalue weighted by Gasteiger charge is -2.19. The maximum atomic E-state index is 5.37. The highest BCUT2D eigenvalue weighted by Crippen LogP contribution is 2.30. The topological polar surface area (TPSA) is 51.0 Å². The molecule has 1 aliphatic carbocycles. The van der Waals surface area contributed by atoms with E-state index in [-0.39, 0.29) is 0 Å². The maximum Gasteiger partial charge on any atom is 0.257 e. The van der Waals surface area contributed by atoms with E-state index in [1.165, 1.54) is 32.1 Å². The summed E-state index contributed by atoms with van der Waals surface area (Å²) in [5, 5.41) is 7.97. The van der Waals surface area contributed by atoms with Crippen LogP contribution >= 0.6 is 11.8 Å². The number of aromatic nitrogens is 2. The van der Waals surface area contributed by atoms with E-state index in [0.29, 0.717) is 5.89 Å². The van der Waals surface area contributed by atoms with Crippen molar-refractivity contribution < 1.29 is 4.52 Å². The van der Waals surface area contributed by atoms with Gasteiger partial charge in [0.15, 0.2) is 5.82 Å². The van der Waals surface area contributed by atoms with E-state index in [2.05, 4.69) is 15.5 Å². The zero-order valence-electron chi connectivity index (χ0n) is 12.3. The Morgan fingerprint density at radius 1 is 1.19 bits per heavy atom. The monoisotopic (exact) mass is 303 g/mol. The molecule has 1 aromatic heterocycles. The van der Waals surface area contributed by atoms with E-state index < -0.39 is 0 Å². The fourth-order valence-electron chi connectivity index (χ4n) is 2.63. The summed E-state index contributed by atoms with van der Waals surface area (Å²) >= 11 is 1.97. The Bertz CT molecular complexity index is 561. The fourth-order valence-corrected chi connectivity index (χ4v) is 3.80. The second kappa shape index (κ2) is 6.98. The van der Waals surface area contributed by atoms with E-state index in [1.807, 2.05) is 43.1 Å². The number of hydrogen-bond donors (Lipinski definition) is 1. The first-order chi connectivity index (χ1) is 10.3. The molecular weight excluding hydrogens is 282 g/mol. The molecule has 1 heterocycles. The molecule has 0 amide bonds. The smallest absolute Gasteiger partial charge is 0.257 e. The Morgan fingerprint density at radius 3 is 2.67 bits per heavy atom. The van der Waals surface area contributed by atoms with Crippen molar-refractivity contribution in [3.8, 4) is 11.5 Å². The van der Waals surface area contributed by atoms with Gasteiger partial charge in [0, 0.05) is 23.5 Å². The molecule has 0 bridgehead atoms. The highest BCUT2D eigenvalue weighted by molar-refractivity contribution is 7.99. The highest BCUT2D eigenvalue weighted by atomic mass is 32.2. The zero-order valence-corrected chi connectivity index (χ0v) is 13.2. The molecule has 1 aromatic carbocycles. The van der Waals surface area contributed by atoms with Gasteiger partial charge >= 0.3 is 0 Å². The van der Waals surface area contributed by atoms with Crippen molar-refractivity contribution in [2.24, 2.45) is 0 Å². The van der Waals surface area contributed by atoms with Gasteiger partial charge in [-0.05, 0) is 37.1 Å². The summed E-state index contributed by atoms with van der Waals surface area (Å²) in [6.45, 7) is 0. The molecule has 0 atom stereocenters. The van der Waals surface area contributed by atoms with Crippen LogP contribution in [0.2, 0.25) is 0 Å². The van der Waals surface area contributed by atoms with Crippen LogP contribution in [0.15, 0.2) is 28.8 Å². The molecule has 1 N–H and O–H groups in total. The van der Waals surface area contributed by atoms with Crippen molar-refractivity contribution in [2.75, 3.05) is 12.4 Å². The highest BCUT2D eigenvalue weighted by Gasteiger charge is 2.15. The number of nitrogens with zero attached hydrogens (tertiary/aromatic N) is 2. The largest absolute Gasteiger partial charge is 0.388 e. The predicted octanol–water partition coefficient (Wildman–Crippen LogP) is 4.34. The maximum absolute atomic E-state index is 5.37. The molecule has 2 aromatic rings. The third-order valence-electron chi connectivity index (χ3n) is 3.89. The van der Waals surface area contributed by atoms with Crippen LogP contribution in [0.5, 0.6) is 0 Å². The quantitative estimate of drug-likeness (QED) is 0.890. The van der Waals surface area contributed by atoms with Gasteiger partial charge in [0.25, 0.3) is 5.89 Å². The van der Waals surface area contributed by atoms with E-state index in [9.17, 15) is 0 Å². The molecule has 0 radical (unpaired) electrons. The zero-order chi connectivity index (χ0) is 14.5. The molecule has 112 valence electrons. The molecule has 1 fully saturated rings. The van der Waals surface area contributed by atoms with Gasteiger partial charge in [0.1, 0.15) is 0 Å².